The van der Waals surface area contributed by atoms with Gasteiger partial charge in [0.2, 0.25) is 0 Å². The van der Waals surface area contributed by atoms with Crippen LogP contribution in [0.4, 0.5) is 10.1 Å². The maximum absolute atomic E-state index is 12.8. The smallest absolute Gasteiger partial charge is 0.123 e. The van der Waals surface area contributed by atoms with Crippen molar-refractivity contribution in [1.29, 1.82) is 0 Å². The predicted octanol–water partition coefficient (Wildman–Crippen LogP) is 2.33. The number of benzene rings is 1. The lowest BCUT2D eigenvalue weighted by atomic mass is 10.2. The zero-order valence-electron chi connectivity index (χ0n) is 7.88. The van der Waals surface area contributed by atoms with E-state index in [4.69, 9.17) is 10.5 Å². The molecule has 0 saturated heterocycles. The van der Waals surface area contributed by atoms with Gasteiger partial charge in [0.05, 0.1) is 12.7 Å². The molecule has 0 unspecified atom stereocenters. The number of hydrogen-bond donors (Lipinski definition) is 1. The fraction of sp³-hybridized carbons (Fsp3) is 0.400. The Balaban J connectivity index is 2.70. The summed E-state index contributed by atoms with van der Waals surface area (Å²) in [7, 11) is 0. The first-order valence-corrected chi connectivity index (χ1v) is 4.25. The van der Waals surface area contributed by atoms with E-state index in [9.17, 15) is 4.39 Å². The average Bonchev–Trinajstić information content (AvgIpc) is 2.06. The fourth-order valence-electron chi connectivity index (χ4n) is 0.956. The van der Waals surface area contributed by atoms with Gasteiger partial charge in [-0.3, -0.25) is 0 Å². The maximum atomic E-state index is 12.8. The summed E-state index contributed by atoms with van der Waals surface area (Å²) in [6.45, 7) is 4.21. The van der Waals surface area contributed by atoms with Crippen molar-refractivity contribution < 1.29 is 9.13 Å². The van der Waals surface area contributed by atoms with Gasteiger partial charge in [-0.05, 0) is 32.0 Å². The summed E-state index contributed by atoms with van der Waals surface area (Å²) in [4.78, 5) is 0. The van der Waals surface area contributed by atoms with E-state index in [0.29, 0.717) is 17.9 Å². The molecule has 0 aromatic heterocycles. The molecule has 2 nitrogen and oxygen atoms in total. The van der Waals surface area contributed by atoms with E-state index in [1.807, 2.05) is 13.8 Å². The van der Waals surface area contributed by atoms with Crippen LogP contribution in [0.5, 0.6) is 0 Å². The Morgan fingerprint density at radius 1 is 1.46 bits per heavy atom. The van der Waals surface area contributed by atoms with E-state index in [0.717, 1.165) is 0 Å². The van der Waals surface area contributed by atoms with Crippen molar-refractivity contribution in [2.75, 3.05) is 5.73 Å². The van der Waals surface area contributed by atoms with Crippen LogP contribution in [0.2, 0.25) is 0 Å². The van der Waals surface area contributed by atoms with Crippen LogP contribution < -0.4 is 5.73 Å². The van der Waals surface area contributed by atoms with Crippen molar-refractivity contribution in [1.82, 2.24) is 0 Å². The zero-order chi connectivity index (χ0) is 9.84. The zero-order valence-corrected chi connectivity index (χ0v) is 7.88. The minimum atomic E-state index is -0.281. The highest BCUT2D eigenvalue weighted by Gasteiger charge is 2.02. The van der Waals surface area contributed by atoms with Crippen LogP contribution in [-0.2, 0) is 11.3 Å². The van der Waals surface area contributed by atoms with Crippen molar-refractivity contribution in [2.24, 2.45) is 0 Å². The monoisotopic (exact) mass is 183 g/mol. The van der Waals surface area contributed by atoms with Crippen LogP contribution in [0.3, 0.4) is 0 Å². The predicted molar refractivity (Wildman–Crippen MR) is 50.7 cm³/mol. The van der Waals surface area contributed by atoms with Crippen LogP contribution in [0, 0.1) is 5.82 Å². The minimum absolute atomic E-state index is 0.127. The van der Waals surface area contributed by atoms with Gasteiger partial charge in [-0.1, -0.05) is 0 Å². The molecule has 0 bridgehead atoms. The Bertz CT molecular complexity index is 286. The molecule has 0 saturated carbocycles. The Morgan fingerprint density at radius 2 is 2.15 bits per heavy atom. The van der Waals surface area contributed by atoms with Crippen LogP contribution >= 0.6 is 0 Å². The van der Waals surface area contributed by atoms with Gasteiger partial charge in [0.1, 0.15) is 5.82 Å². The second-order valence-corrected chi connectivity index (χ2v) is 3.20. The summed E-state index contributed by atoms with van der Waals surface area (Å²) in [6, 6.07) is 4.29. The molecule has 0 heterocycles. The molecule has 0 fully saturated rings. The van der Waals surface area contributed by atoms with Gasteiger partial charge in [-0.2, -0.15) is 0 Å². The molecular weight excluding hydrogens is 169 g/mol. The van der Waals surface area contributed by atoms with Gasteiger partial charge >= 0.3 is 0 Å². The molecule has 1 rings (SSSR count). The summed E-state index contributed by atoms with van der Waals surface area (Å²) >= 11 is 0. The molecule has 0 spiro atoms. The van der Waals surface area contributed by atoms with Crippen molar-refractivity contribution in [3.63, 3.8) is 0 Å². The van der Waals surface area contributed by atoms with Gasteiger partial charge < -0.3 is 10.5 Å². The number of hydrogen-bond acceptors (Lipinski definition) is 2. The third-order valence-corrected chi connectivity index (χ3v) is 1.68. The lowest BCUT2D eigenvalue weighted by molar-refractivity contribution is 0.0659. The van der Waals surface area contributed by atoms with Gasteiger partial charge in [-0.15, -0.1) is 0 Å². The van der Waals surface area contributed by atoms with Gasteiger partial charge in [0.25, 0.3) is 0 Å². The van der Waals surface area contributed by atoms with Gasteiger partial charge in [0, 0.05) is 11.3 Å². The molecular formula is C10H14FNO. The van der Waals surface area contributed by atoms with E-state index in [1.165, 1.54) is 12.1 Å². The van der Waals surface area contributed by atoms with Crippen molar-refractivity contribution in [3.05, 3.63) is 29.6 Å². The largest absolute Gasteiger partial charge is 0.398 e. The summed E-state index contributed by atoms with van der Waals surface area (Å²) in [5.74, 6) is -0.281. The average molecular weight is 183 g/mol. The van der Waals surface area contributed by atoms with E-state index >= 15 is 0 Å². The van der Waals surface area contributed by atoms with E-state index in [2.05, 4.69) is 0 Å². The SMILES string of the molecule is CC(C)OCc1cc(F)ccc1N. The van der Waals surface area contributed by atoms with Crippen LogP contribution in [0.15, 0.2) is 18.2 Å². The Labute approximate surface area is 77.5 Å². The lowest BCUT2D eigenvalue weighted by Gasteiger charge is -2.09. The molecule has 13 heavy (non-hydrogen) atoms. The van der Waals surface area contributed by atoms with Crippen LogP contribution in [0.25, 0.3) is 0 Å². The first-order chi connectivity index (χ1) is 6.09. The molecule has 0 atom stereocenters. The second kappa shape index (κ2) is 4.23. The van der Waals surface area contributed by atoms with Gasteiger partial charge in [0.15, 0.2) is 0 Å². The third-order valence-electron chi connectivity index (χ3n) is 1.68. The second-order valence-electron chi connectivity index (χ2n) is 3.20. The highest BCUT2D eigenvalue weighted by molar-refractivity contribution is 5.46. The Morgan fingerprint density at radius 3 is 2.77 bits per heavy atom. The Hall–Kier alpha value is -1.09. The van der Waals surface area contributed by atoms with Crippen molar-refractivity contribution in [3.8, 4) is 0 Å². The molecule has 1 aromatic carbocycles. The van der Waals surface area contributed by atoms with Crippen LogP contribution in [0.1, 0.15) is 19.4 Å². The summed E-state index contributed by atoms with van der Waals surface area (Å²) in [6.07, 6.45) is 0.127. The van der Waals surface area contributed by atoms with E-state index in [-0.39, 0.29) is 11.9 Å². The normalized spacial score (nSPS) is 10.8. The number of nitrogen functional groups attached to an aromatic ring is 1. The van der Waals surface area contributed by atoms with E-state index < -0.39 is 0 Å². The minimum Gasteiger partial charge on any atom is -0.398 e. The van der Waals surface area contributed by atoms with Crippen LogP contribution in [-0.4, -0.2) is 6.10 Å². The first-order valence-electron chi connectivity index (χ1n) is 4.25. The highest BCUT2D eigenvalue weighted by Crippen LogP contribution is 2.14. The highest BCUT2D eigenvalue weighted by atomic mass is 19.1. The number of ether oxygens (including phenoxy) is 1. The summed E-state index contributed by atoms with van der Waals surface area (Å²) in [5.41, 5.74) is 6.90. The maximum Gasteiger partial charge on any atom is 0.123 e. The number of nitrogens with two attached hydrogens (primary N) is 1. The third kappa shape index (κ3) is 3.03. The molecule has 0 amide bonds. The number of rotatable bonds is 3. The van der Waals surface area contributed by atoms with Gasteiger partial charge in [-0.25, -0.2) is 4.39 Å². The van der Waals surface area contributed by atoms with E-state index in [1.54, 1.807) is 6.07 Å². The summed E-state index contributed by atoms with van der Waals surface area (Å²) in [5, 5.41) is 0. The first kappa shape index (κ1) is 9.99. The molecule has 0 aliphatic heterocycles. The standard InChI is InChI=1S/C10H14FNO/c1-7(2)13-6-8-5-9(11)3-4-10(8)12/h3-5,7H,6,12H2,1-2H3. The molecule has 0 aliphatic carbocycles. The summed E-state index contributed by atoms with van der Waals surface area (Å²) < 4.78 is 18.1. The molecule has 1 aromatic rings. The lowest BCUT2D eigenvalue weighted by Crippen LogP contribution is -2.04. The molecule has 3 heteroatoms. The topological polar surface area (TPSA) is 35.2 Å². The van der Waals surface area contributed by atoms with Crippen molar-refractivity contribution >= 4 is 5.69 Å². The number of halogens is 1. The molecule has 0 radical (unpaired) electrons. The molecule has 0 aliphatic rings. The Kier molecular flexibility index (Phi) is 3.25. The quantitative estimate of drug-likeness (QED) is 0.730. The fourth-order valence-corrected chi connectivity index (χ4v) is 0.956. The molecule has 2 N–H and O–H groups in total. The van der Waals surface area contributed by atoms with Crippen molar-refractivity contribution in [2.45, 2.75) is 26.6 Å². The molecule has 72 valence electrons. The number of anilines is 1.